The van der Waals surface area contributed by atoms with Crippen molar-refractivity contribution in [1.29, 1.82) is 0 Å². The highest BCUT2D eigenvalue weighted by atomic mass is 16.1. The second-order valence-electron chi connectivity index (χ2n) is 5.42. The van der Waals surface area contributed by atoms with Gasteiger partial charge in [0, 0.05) is 16.8 Å². The van der Waals surface area contributed by atoms with Crippen LogP contribution in [-0.2, 0) is 4.79 Å². The number of hydrogen-bond acceptors (Lipinski definition) is 2. The highest BCUT2D eigenvalue weighted by Crippen LogP contribution is 2.12. The van der Waals surface area contributed by atoms with Crippen molar-refractivity contribution < 1.29 is 9.59 Å². The van der Waals surface area contributed by atoms with Gasteiger partial charge < -0.3 is 5.32 Å². The van der Waals surface area contributed by atoms with E-state index in [9.17, 15) is 9.59 Å². The summed E-state index contributed by atoms with van der Waals surface area (Å²) in [7, 11) is 0. The van der Waals surface area contributed by atoms with Gasteiger partial charge in [-0.2, -0.15) is 0 Å². The van der Waals surface area contributed by atoms with Gasteiger partial charge in [0.05, 0.1) is 0 Å². The molecule has 0 radical (unpaired) electrons. The molecule has 0 heterocycles. The van der Waals surface area contributed by atoms with Crippen LogP contribution in [0, 0.1) is 6.92 Å². The van der Waals surface area contributed by atoms with Crippen LogP contribution in [0.5, 0.6) is 0 Å². The Hall–Kier alpha value is -2.94. The molecule has 3 heteroatoms. The van der Waals surface area contributed by atoms with E-state index in [4.69, 9.17) is 0 Å². The molecule has 2 aromatic rings. The van der Waals surface area contributed by atoms with Gasteiger partial charge in [0.15, 0.2) is 5.78 Å². The number of benzene rings is 2. The average Bonchev–Trinajstić information content (AvgIpc) is 2.54. The zero-order valence-corrected chi connectivity index (χ0v) is 13.3. The molecular weight excluding hydrogens is 286 g/mol. The quantitative estimate of drug-likeness (QED) is 0.657. The third kappa shape index (κ3) is 4.78. The van der Waals surface area contributed by atoms with E-state index < -0.39 is 0 Å². The first-order valence-corrected chi connectivity index (χ1v) is 7.32. The minimum atomic E-state index is -0.233. The Balaban J connectivity index is 2.04. The molecule has 2 aromatic carbocycles. The molecular formula is C20H19NO2. The van der Waals surface area contributed by atoms with Crippen LogP contribution in [0.1, 0.15) is 28.4 Å². The molecule has 0 aliphatic rings. The van der Waals surface area contributed by atoms with Gasteiger partial charge in [0.2, 0.25) is 0 Å². The third-order valence-electron chi connectivity index (χ3n) is 3.32. The molecule has 3 nitrogen and oxygen atoms in total. The number of amides is 1. The van der Waals surface area contributed by atoms with Crippen molar-refractivity contribution in [1.82, 2.24) is 0 Å². The number of hydrogen-bond donors (Lipinski definition) is 1. The number of carbonyl (C=O) groups is 2. The Morgan fingerprint density at radius 3 is 2.17 bits per heavy atom. The first-order chi connectivity index (χ1) is 11.0. The van der Waals surface area contributed by atoms with Gasteiger partial charge in [-0.3, -0.25) is 9.59 Å². The van der Waals surface area contributed by atoms with Gasteiger partial charge in [-0.25, -0.2) is 0 Å². The summed E-state index contributed by atoms with van der Waals surface area (Å²) in [6.07, 6.45) is 3.34. The van der Waals surface area contributed by atoms with Crippen molar-refractivity contribution in [2.75, 3.05) is 5.32 Å². The summed E-state index contributed by atoms with van der Waals surface area (Å²) in [5.41, 5.74) is 3.81. The fourth-order valence-corrected chi connectivity index (χ4v) is 1.90. The zero-order chi connectivity index (χ0) is 16.8. The minimum Gasteiger partial charge on any atom is -0.322 e. The van der Waals surface area contributed by atoms with E-state index in [-0.39, 0.29) is 11.7 Å². The smallest absolute Gasteiger partial charge is 0.250 e. The third-order valence-corrected chi connectivity index (χ3v) is 3.32. The second kappa shape index (κ2) is 7.36. The van der Waals surface area contributed by atoms with E-state index in [0.29, 0.717) is 16.8 Å². The molecule has 0 aromatic heterocycles. The topological polar surface area (TPSA) is 46.2 Å². The van der Waals surface area contributed by atoms with E-state index in [2.05, 4.69) is 11.9 Å². The van der Waals surface area contributed by atoms with E-state index >= 15 is 0 Å². The van der Waals surface area contributed by atoms with Crippen molar-refractivity contribution in [3.63, 3.8) is 0 Å². The van der Waals surface area contributed by atoms with Crippen LogP contribution in [0.25, 0.3) is 6.08 Å². The van der Waals surface area contributed by atoms with Crippen molar-refractivity contribution in [3.05, 3.63) is 83.4 Å². The number of rotatable bonds is 5. The van der Waals surface area contributed by atoms with Crippen LogP contribution in [0.3, 0.4) is 0 Å². The highest BCUT2D eigenvalue weighted by molar-refractivity contribution is 6.07. The summed E-state index contributed by atoms with van der Waals surface area (Å²) in [4.78, 5) is 23.7. The maximum absolute atomic E-state index is 12.1. The second-order valence-corrected chi connectivity index (χ2v) is 5.42. The van der Waals surface area contributed by atoms with Crippen LogP contribution in [0.2, 0.25) is 0 Å². The van der Waals surface area contributed by atoms with E-state index in [0.717, 1.165) is 5.56 Å². The van der Waals surface area contributed by atoms with Crippen molar-refractivity contribution >= 4 is 23.5 Å². The van der Waals surface area contributed by atoms with Crippen LogP contribution >= 0.6 is 0 Å². The van der Waals surface area contributed by atoms with Gasteiger partial charge in [-0.05, 0) is 49.8 Å². The normalized spacial score (nSPS) is 10.5. The molecule has 1 amide bonds. The Morgan fingerprint density at radius 2 is 1.61 bits per heavy atom. The Labute approximate surface area is 136 Å². The largest absolute Gasteiger partial charge is 0.322 e. The van der Waals surface area contributed by atoms with Gasteiger partial charge in [0.1, 0.15) is 0 Å². The maximum atomic E-state index is 12.1. The molecule has 1 N–H and O–H groups in total. The summed E-state index contributed by atoms with van der Waals surface area (Å²) in [6.45, 7) is 7.24. The standard InChI is InChI=1S/C20H19NO2/c1-14(2)20(23)21-18-11-9-17(10-12-18)19(22)13-8-16-6-4-15(3)5-7-16/h4-13H,1H2,2-3H3,(H,21,23)/b13-8+. The zero-order valence-electron chi connectivity index (χ0n) is 13.3. The molecule has 0 saturated heterocycles. The molecule has 0 spiro atoms. The van der Waals surface area contributed by atoms with Crippen LogP contribution in [0.4, 0.5) is 5.69 Å². The average molecular weight is 305 g/mol. The number of carbonyl (C=O) groups excluding carboxylic acids is 2. The van der Waals surface area contributed by atoms with Crippen molar-refractivity contribution in [3.8, 4) is 0 Å². The molecule has 2 rings (SSSR count). The van der Waals surface area contributed by atoms with Crippen LogP contribution in [-0.4, -0.2) is 11.7 Å². The first-order valence-electron chi connectivity index (χ1n) is 7.32. The molecule has 0 bridgehead atoms. The maximum Gasteiger partial charge on any atom is 0.250 e. The lowest BCUT2D eigenvalue weighted by atomic mass is 10.1. The van der Waals surface area contributed by atoms with Gasteiger partial charge in [-0.1, -0.05) is 42.5 Å². The SMILES string of the molecule is C=C(C)C(=O)Nc1ccc(C(=O)/C=C/c2ccc(C)cc2)cc1. The fraction of sp³-hybridized carbons (Fsp3) is 0.100. The molecule has 0 saturated carbocycles. The van der Waals surface area contributed by atoms with Gasteiger partial charge in [0.25, 0.3) is 5.91 Å². The molecule has 23 heavy (non-hydrogen) atoms. The van der Waals surface area contributed by atoms with Crippen LogP contribution < -0.4 is 5.32 Å². The minimum absolute atomic E-state index is 0.0802. The van der Waals surface area contributed by atoms with E-state index in [1.165, 1.54) is 5.56 Å². The lowest BCUT2D eigenvalue weighted by molar-refractivity contribution is -0.112. The first kappa shape index (κ1) is 16.4. The summed E-state index contributed by atoms with van der Waals surface area (Å²) >= 11 is 0. The molecule has 0 unspecified atom stereocenters. The molecule has 116 valence electrons. The Kier molecular flexibility index (Phi) is 5.26. The Morgan fingerprint density at radius 1 is 1.00 bits per heavy atom. The number of nitrogens with one attached hydrogen (secondary N) is 1. The highest BCUT2D eigenvalue weighted by Gasteiger charge is 2.05. The molecule has 0 fully saturated rings. The van der Waals surface area contributed by atoms with E-state index in [1.54, 1.807) is 43.3 Å². The molecule has 0 atom stereocenters. The summed E-state index contributed by atoms with van der Waals surface area (Å²) < 4.78 is 0. The lowest BCUT2D eigenvalue weighted by Crippen LogP contribution is -2.11. The fourth-order valence-electron chi connectivity index (χ4n) is 1.90. The van der Waals surface area contributed by atoms with Crippen molar-refractivity contribution in [2.45, 2.75) is 13.8 Å². The molecule has 0 aliphatic carbocycles. The lowest BCUT2D eigenvalue weighted by Gasteiger charge is -2.05. The summed E-state index contributed by atoms with van der Waals surface area (Å²) in [5.74, 6) is -0.313. The summed E-state index contributed by atoms with van der Waals surface area (Å²) in [6, 6.07) is 14.7. The van der Waals surface area contributed by atoms with Gasteiger partial charge >= 0.3 is 0 Å². The Bertz CT molecular complexity index is 753. The van der Waals surface area contributed by atoms with E-state index in [1.807, 2.05) is 31.2 Å². The number of ketones is 1. The predicted molar refractivity (Wildman–Crippen MR) is 94.4 cm³/mol. The van der Waals surface area contributed by atoms with Crippen molar-refractivity contribution in [2.24, 2.45) is 0 Å². The number of allylic oxidation sites excluding steroid dienone is 1. The number of anilines is 1. The summed E-state index contributed by atoms with van der Waals surface area (Å²) in [5, 5.41) is 2.70. The monoisotopic (exact) mass is 305 g/mol. The predicted octanol–water partition coefficient (Wildman–Crippen LogP) is 4.41. The molecule has 0 aliphatic heterocycles. The van der Waals surface area contributed by atoms with Crippen LogP contribution in [0.15, 0.2) is 66.8 Å². The number of aryl methyl sites for hydroxylation is 1. The van der Waals surface area contributed by atoms with Gasteiger partial charge in [-0.15, -0.1) is 0 Å².